The molecule has 0 amide bonds. The first kappa shape index (κ1) is 13.9. The fourth-order valence-electron chi connectivity index (χ4n) is 2.19. The molecule has 8 heteroatoms. The van der Waals surface area contributed by atoms with Crippen LogP contribution in [0.4, 0.5) is 8.78 Å². The standard InChI is InChI=1S/C13H11ClF2N4O/c1-6(14)13-18-9-4-3-8(15)11(16)12(9)20(13)5-10-17-7(2)21-19-10/h3-4,6H,5H2,1-2H3. The number of imidazole rings is 1. The van der Waals surface area contributed by atoms with Crippen LogP contribution < -0.4 is 0 Å². The molecule has 0 saturated heterocycles. The molecule has 2 heterocycles. The van der Waals surface area contributed by atoms with Gasteiger partial charge < -0.3 is 9.09 Å². The second kappa shape index (κ2) is 5.07. The van der Waals surface area contributed by atoms with Crippen LogP contribution in [-0.2, 0) is 6.54 Å². The molecule has 0 fully saturated rings. The Morgan fingerprint density at radius 3 is 2.71 bits per heavy atom. The average Bonchev–Trinajstić information content (AvgIpc) is 2.99. The number of hydrogen-bond donors (Lipinski definition) is 0. The molecule has 5 nitrogen and oxygen atoms in total. The number of benzene rings is 1. The van der Waals surface area contributed by atoms with Crippen LogP contribution in [-0.4, -0.2) is 19.7 Å². The lowest BCUT2D eigenvalue weighted by Gasteiger charge is -2.08. The number of aromatic nitrogens is 4. The molecule has 0 spiro atoms. The van der Waals surface area contributed by atoms with Gasteiger partial charge >= 0.3 is 0 Å². The third-order valence-electron chi connectivity index (χ3n) is 3.05. The van der Waals surface area contributed by atoms with E-state index in [2.05, 4.69) is 15.1 Å². The summed E-state index contributed by atoms with van der Waals surface area (Å²) in [6.07, 6.45) is 0. The molecule has 0 aliphatic heterocycles. The van der Waals surface area contributed by atoms with Crippen LogP contribution in [0, 0.1) is 18.6 Å². The van der Waals surface area contributed by atoms with E-state index in [-0.39, 0.29) is 12.1 Å². The maximum Gasteiger partial charge on any atom is 0.223 e. The summed E-state index contributed by atoms with van der Waals surface area (Å²) in [6.45, 7) is 3.45. The lowest BCUT2D eigenvalue weighted by atomic mass is 10.3. The Hall–Kier alpha value is -2.02. The zero-order valence-corrected chi connectivity index (χ0v) is 12.0. The Bertz CT molecular complexity index is 812. The van der Waals surface area contributed by atoms with Crippen molar-refractivity contribution in [2.24, 2.45) is 0 Å². The van der Waals surface area contributed by atoms with Crippen molar-refractivity contribution in [2.45, 2.75) is 25.8 Å². The number of fused-ring (bicyclic) bond motifs is 1. The van der Waals surface area contributed by atoms with Gasteiger partial charge in [-0.1, -0.05) is 5.16 Å². The number of hydrogen-bond acceptors (Lipinski definition) is 4. The SMILES string of the molecule is Cc1nc(Cn2c(C(C)Cl)nc3ccc(F)c(F)c32)no1. The van der Waals surface area contributed by atoms with Gasteiger partial charge in [0, 0.05) is 6.92 Å². The van der Waals surface area contributed by atoms with Crippen molar-refractivity contribution in [2.75, 3.05) is 0 Å². The van der Waals surface area contributed by atoms with Gasteiger partial charge in [-0.3, -0.25) is 0 Å². The first-order valence-electron chi connectivity index (χ1n) is 6.24. The highest BCUT2D eigenvalue weighted by molar-refractivity contribution is 6.20. The second-order valence-electron chi connectivity index (χ2n) is 4.63. The molecule has 0 radical (unpaired) electrons. The molecular formula is C13H11ClF2N4O. The van der Waals surface area contributed by atoms with Gasteiger partial charge in [-0.2, -0.15) is 4.98 Å². The molecule has 0 N–H and O–H groups in total. The van der Waals surface area contributed by atoms with E-state index >= 15 is 0 Å². The lowest BCUT2D eigenvalue weighted by Crippen LogP contribution is -2.08. The van der Waals surface area contributed by atoms with Crippen molar-refractivity contribution in [3.63, 3.8) is 0 Å². The highest BCUT2D eigenvalue weighted by Crippen LogP contribution is 2.28. The molecule has 0 bridgehead atoms. The van der Waals surface area contributed by atoms with Crippen molar-refractivity contribution >= 4 is 22.6 Å². The van der Waals surface area contributed by atoms with E-state index < -0.39 is 17.0 Å². The molecule has 0 aliphatic carbocycles. The van der Waals surface area contributed by atoms with Gasteiger partial charge in [0.2, 0.25) is 5.89 Å². The first-order valence-corrected chi connectivity index (χ1v) is 6.68. The Balaban J connectivity index is 2.22. The summed E-state index contributed by atoms with van der Waals surface area (Å²) in [7, 11) is 0. The van der Waals surface area contributed by atoms with E-state index in [0.29, 0.717) is 23.1 Å². The molecule has 3 aromatic rings. The van der Waals surface area contributed by atoms with Crippen LogP contribution in [0.15, 0.2) is 16.7 Å². The summed E-state index contributed by atoms with van der Waals surface area (Å²) in [4.78, 5) is 8.31. The van der Waals surface area contributed by atoms with Gasteiger partial charge in [-0.05, 0) is 19.1 Å². The molecule has 0 saturated carbocycles. The van der Waals surface area contributed by atoms with E-state index in [4.69, 9.17) is 16.1 Å². The van der Waals surface area contributed by atoms with Gasteiger partial charge in [-0.15, -0.1) is 11.6 Å². The van der Waals surface area contributed by atoms with Crippen molar-refractivity contribution < 1.29 is 13.3 Å². The maximum atomic E-state index is 14.1. The number of rotatable bonds is 3. The molecule has 1 aromatic carbocycles. The smallest absolute Gasteiger partial charge is 0.223 e. The predicted octanol–water partition coefficient (Wildman–Crippen LogP) is 3.35. The van der Waals surface area contributed by atoms with E-state index in [1.807, 2.05) is 0 Å². The van der Waals surface area contributed by atoms with Crippen molar-refractivity contribution in [1.82, 2.24) is 19.7 Å². The summed E-state index contributed by atoms with van der Waals surface area (Å²) in [5.41, 5.74) is 0.372. The number of aryl methyl sites for hydroxylation is 1. The topological polar surface area (TPSA) is 56.7 Å². The average molecular weight is 313 g/mol. The van der Waals surface area contributed by atoms with Crippen LogP contribution >= 0.6 is 11.6 Å². The zero-order valence-electron chi connectivity index (χ0n) is 11.3. The molecule has 1 atom stereocenters. The van der Waals surface area contributed by atoms with E-state index in [9.17, 15) is 8.78 Å². The van der Waals surface area contributed by atoms with Crippen molar-refractivity contribution in [3.05, 3.63) is 41.3 Å². The molecule has 2 aromatic heterocycles. The molecule has 21 heavy (non-hydrogen) atoms. The fourth-order valence-corrected chi connectivity index (χ4v) is 2.35. The molecule has 3 rings (SSSR count). The zero-order chi connectivity index (χ0) is 15.1. The third kappa shape index (κ3) is 2.37. The van der Waals surface area contributed by atoms with Gasteiger partial charge in [0.15, 0.2) is 17.5 Å². The minimum absolute atomic E-state index is 0.0416. The predicted molar refractivity (Wildman–Crippen MR) is 72.1 cm³/mol. The Labute approximate surface area is 123 Å². The van der Waals surface area contributed by atoms with Gasteiger partial charge in [0.05, 0.1) is 17.4 Å². The van der Waals surface area contributed by atoms with E-state index in [0.717, 1.165) is 6.07 Å². The van der Waals surface area contributed by atoms with Crippen LogP contribution in [0.3, 0.4) is 0 Å². The molecular weight excluding hydrogens is 302 g/mol. The summed E-state index contributed by atoms with van der Waals surface area (Å²) in [5.74, 6) is -0.764. The maximum absolute atomic E-state index is 14.1. The largest absolute Gasteiger partial charge is 0.340 e. The lowest BCUT2D eigenvalue weighted by molar-refractivity contribution is 0.386. The second-order valence-corrected chi connectivity index (χ2v) is 5.29. The first-order chi connectivity index (χ1) is 9.97. The highest BCUT2D eigenvalue weighted by Gasteiger charge is 2.21. The minimum atomic E-state index is -0.969. The Morgan fingerprint density at radius 1 is 1.33 bits per heavy atom. The molecule has 110 valence electrons. The van der Waals surface area contributed by atoms with Crippen LogP contribution in [0.2, 0.25) is 0 Å². The number of halogens is 3. The van der Waals surface area contributed by atoms with Crippen LogP contribution in [0.25, 0.3) is 11.0 Å². The summed E-state index contributed by atoms with van der Waals surface area (Å²) < 4.78 is 33.9. The third-order valence-corrected chi connectivity index (χ3v) is 3.25. The quantitative estimate of drug-likeness (QED) is 0.696. The molecule has 1 unspecified atom stereocenters. The Kier molecular flexibility index (Phi) is 3.36. The highest BCUT2D eigenvalue weighted by atomic mass is 35.5. The summed E-state index contributed by atoms with van der Waals surface area (Å²) in [6, 6.07) is 2.45. The van der Waals surface area contributed by atoms with Crippen LogP contribution in [0.5, 0.6) is 0 Å². The fraction of sp³-hybridized carbons (Fsp3) is 0.308. The summed E-state index contributed by atoms with van der Waals surface area (Å²) >= 11 is 6.08. The van der Waals surface area contributed by atoms with E-state index in [1.54, 1.807) is 13.8 Å². The summed E-state index contributed by atoms with van der Waals surface area (Å²) in [5, 5.41) is 3.28. The molecule has 0 aliphatic rings. The normalized spacial score (nSPS) is 13.0. The van der Waals surface area contributed by atoms with Gasteiger partial charge in [0.25, 0.3) is 0 Å². The van der Waals surface area contributed by atoms with E-state index in [1.165, 1.54) is 10.6 Å². The monoisotopic (exact) mass is 312 g/mol. The van der Waals surface area contributed by atoms with Crippen LogP contribution in [0.1, 0.15) is 29.8 Å². The van der Waals surface area contributed by atoms with Gasteiger partial charge in [-0.25, -0.2) is 13.8 Å². The number of nitrogens with zero attached hydrogens (tertiary/aromatic N) is 4. The van der Waals surface area contributed by atoms with Gasteiger partial charge in [0.1, 0.15) is 11.3 Å². The number of alkyl halides is 1. The Morgan fingerprint density at radius 2 is 2.10 bits per heavy atom. The van der Waals surface area contributed by atoms with Crippen molar-refractivity contribution in [3.8, 4) is 0 Å². The van der Waals surface area contributed by atoms with Crippen molar-refractivity contribution in [1.29, 1.82) is 0 Å². The minimum Gasteiger partial charge on any atom is -0.340 e.